The van der Waals surface area contributed by atoms with Gasteiger partial charge in [0.15, 0.2) is 11.2 Å². The first-order valence-electron chi connectivity index (χ1n) is 7.06. The number of rotatable bonds is 7. The SMILES string of the molecule is COC(=O)C1C(NC(=O)Cc2csc(NC(=O)CCl)n2)C(=O)N1S(=O)(=O)O.[H-].[Na+]. The van der Waals surface area contributed by atoms with E-state index in [-0.39, 0.29) is 58.4 Å². The number of hydrogen-bond acceptors (Lipinski definition) is 9. The van der Waals surface area contributed by atoms with Gasteiger partial charge < -0.3 is 16.8 Å². The minimum atomic E-state index is -4.99. The standard InChI is InChI=1S/C12H13ClN4O8S2.Na.H/c1-25-11(21)9-8(10(20)17(9)27(22,23)24)15-6(18)2-5-4-26-12(14-5)16-7(19)3-13;;/h4,8-9H,2-3H2,1H3,(H,15,18)(H,14,16,19)(H,22,23,24);;/q;+1;-1. The summed E-state index contributed by atoms with van der Waals surface area (Å²) < 4.78 is 35.7. The van der Waals surface area contributed by atoms with Crippen LogP contribution in [-0.2, 0) is 40.6 Å². The number of nitrogens with one attached hydrogen (secondary N) is 2. The van der Waals surface area contributed by atoms with E-state index in [4.69, 9.17) is 16.2 Å². The maximum atomic E-state index is 12.1. The Kier molecular flexibility index (Phi) is 8.80. The first-order valence-corrected chi connectivity index (χ1v) is 9.87. The maximum absolute atomic E-state index is 12.1. The van der Waals surface area contributed by atoms with E-state index >= 15 is 0 Å². The number of methoxy groups -OCH3 is 1. The second-order valence-corrected chi connectivity index (χ2v) is 7.54. The van der Waals surface area contributed by atoms with Gasteiger partial charge in [0.05, 0.1) is 19.2 Å². The number of hydrogen-bond donors (Lipinski definition) is 3. The van der Waals surface area contributed by atoms with Gasteiger partial charge in [-0.3, -0.25) is 18.9 Å². The van der Waals surface area contributed by atoms with E-state index in [1.807, 2.05) is 0 Å². The molecule has 2 heterocycles. The smallest absolute Gasteiger partial charge is 1.00 e. The predicted molar refractivity (Wildman–Crippen MR) is 92.4 cm³/mol. The van der Waals surface area contributed by atoms with Gasteiger partial charge in [-0.1, -0.05) is 0 Å². The van der Waals surface area contributed by atoms with E-state index in [9.17, 15) is 27.6 Å². The fourth-order valence-electron chi connectivity index (χ4n) is 2.20. The van der Waals surface area contributed by atoms with Crippen LogP contribution in [0.2, 0.25) is 0 Å². The summed E-state index contributed by atoms with van der Waals surface area (Å²) in [5, 5.41) is 6.29. The Balaban J connectivity index is 0.00000392. The number of carbonyl (C=O) groups is 4. The summed E-state index contributed by atoms with van der Waals surface area (Å²) in [6.45, 7) is 0. The van der Waals surface area contributed by atoms with Crippen LogP contribution in [0.1, 0.15) is 7.12 Å². The van der Waals surface area contributed by atoms with Crippen molar-refractivity contribution in [3.05, 3.63) is 11.1 Å². The Morgan fingerprint density at radius 2 is 2.07 bits per heavy atom. The van der Waals surface area contributed by atoms with Crippen LogP contribution in [0.5, 0.6) is 0 Å². The zero-order valence-electron chi connectivity index (χ0n) is 15.5. The number of amides is 3. The molecule has 2 unspecified atom stereocenters. The van der Waals surface area contributed by atoms with Gasteiger partial charge in [0.25, 0.3) is 5.91 Å². The van der Waals surface area contributed by atoms with Crippen LogP contribution in [-0.4, -0.2) is 71.0 Å². The number of alkyl halides is 1. The molecule has 1 aliphatic heterocycles. The Morgan fingerprint density at radius 3 is 2.61 bits per heavy atom. The van der Waals surface area contributed by atoms with Gasteiger partial charge in [0.2, 0.25) is 11.8 Å². The van der Waals surface area contributed by atoms with Crippen molar-refractivity contribution in [3.63, 3.8) is 0 Å². The topological polar surface area (TPSA) is 172 Å². The van der Waals surface area contributed by atoms with Crippen molar-refractivity contribution in [1.82, 2.24) is 14.6 Å². The largest absolute Gasteiger partial charge is 1.00 e. The van der Waals surface area contributed by atoms with Gasteiger partial charge in [0.1, 0.15) is 11.9 Å². The van der Waals surface area contributed by atoms with Crippen molar-refractivity contribution in [1.29, 1.82) is 0 Å². The summed E-state index contributed by atoms with van der Waals surface area (Å²) in [7, 11) is -4.03. The van der Waals surface area contributed by atoms with Crippen LogP contribution in [0.3, 0.4) is 0 Å². The van der Waals surface area contributed by atoms with E-state index in [0.717, 1.165) is 18.4 Å². The molecular formula is C12H14ClN4NaO8S2. The average molecular weight is 465 g/mol. The third kappa shape index (κ3) is 5.62. The number of nitrogens with zero attached hydrogens (tertiary/aromatic N) is 2. The average Bonchev–Trinajstić information content (AvgIpc) is 3.01. The van der Waals surface area contributed by atoms with Crippen molar-refractivity contribution in [2.45, 2.75) is 18.5 Å². The molecule has 0 spiro atoms. The fourth-order valence-corrected chi connectivity index (χ4v) is 3.83. The number of ether oxygens (including phenoxy) is 1. The second-order valence-electron chi connectivity index (χ2n) is 5.13. The molecule has 0 bridgehead atoms. The van der Waals surface area contributed by atoms with E-state index in [1.54, 1.807) is 0 Å². The molecule has 150 valence electrons. The fraction of sp³-hybridized carbons (Fsp3) is 0.417. The summed E-state index contributed by atoms with van der Waals surface area (Å²) in [5.74, 6) is -3.80. The molecule has 0 radical (unpaired) electrons. The molecular weight excluding hydrogens is 451 g/mol. The first-order chi connectivity index (χ1) is 12.6. The summed E-state index contributed by atoms with van der Waals surface area (Å²) in [6, 6.07) is -3.23. The molecule has 12 nitrogen and oxygen atoms in total. The third-order valence-electron chi connectivity index (χ3n) is 3.32. The minimum Gasteiger partial charge on any atom is -1.00 e. The van der Waals surface area contributed by atoms with Crippen molar-refractivity contribution in [2.24, 2.45) is 0 Å². The number of carbonyl (C=O) groups excluding carboxylic acids is 4. The van der Waals surface area contributed by atoms with Gasteiger partial charge in [-0.2, -0.15) is 12.7 Å². The van der Waals surface area contributed by atoms with Gasteiger partial charge in [0, 0.05) is 5.38 Å². The molecule has 1 aliphatic rings. The molecule has 1 aromatic heterocycles. The second kappa shape index (κ2) is 9.96. The van der Waals surface area contributed by atoms with Crippen molar-refractivity contribution >= 4 is 62.1 Å². The molecule has 16 heteroatoms. The Hall–Kier alpha value is -1.29. The maximum Gasteiger partial charge on any atom is 1.00 e. The van der Waals surface area contributed by atoms with Crippen LogP contribution >= 0.6 is 22.9 Å². The normalized spacial score (nSPS) is 18.5. The molecule has 0 aliphatic carbocycles. The van der Waals surface area contributed by atoms with Gasteiger partial charge in [-0.05, 0) is 0 Å². The van der Waals surface area contributed by atoms with Gasteiger partial charge >= 0.3 is 45.8 Å². The zero-order valence-corrected chi connectivity index (χ0v) is 18.9. The van der Waals surface area contributed by atoms with E-state index in [2.05, 4.69) is 20.4 Å². The van der Waals surface area contributed by atoms with Crippen molar-refractivity contribution in [3.8, 4) is 0 Å². The Morgan fingerprint density at radius 1 is 1.43 bits per heavy atom. The zero-order chi connectivity index (χ0) is 20.4. The number of halogens is 1. The van der Waals surface area contributed by atoms with Crippen molar-refractivity contribution in [2.75, 3.05) is 18.3 Å². The monoisotopic (exact) mass is 464 g/mol. The molecule has 2 atom stereocenters. The van der Waals surface area contributed by atoms with Crippen LogP contribution in [0.4, 0.5) is 5.13 Å². The van der Waals surface area contributed by atoms with Crippen LogP contribution in [0.15, 0.2) is 5.38 Å². The summed E-state index contributed by atoms with van der Waals surface area (Å²) >= 11 is 6.39. The molecule has 2 rings (SSSR count). The van der Waals surface area contributed by atoms with Gasteiger partial charge in [-0.15, -0.1) is 22.9 Å². The van der Waals surface area contributed by atoms with E-state index in [1.165, 1.54) is 5.38 Å². The minimum absolute atomic E-state index is 0. The summed E-state index contributed by atoms with van der Waals surface area (Å²) in [4.78, 5) is 50.8. The third-order valence-corrected chi connectivity index (χ3v) is 5.27. The summed E-state index contributed by atoms with van der Waals surface area (Å²) in [5.41, 5.74) is 0.260. The number of thiazole rings is 1. The van der Waals surface area contributed by atoms with Gasteiger partial charge in [-0.25, -0.2) is 9.78 Å². The number of aromatic nitrogens is 1. The molecule has 3 N–H and O–H groups in total. The number of esters is 1. The summed E-state index contributed by atoms with van der Waals surface area (Å²) in [6.07, 6.45) is -0.309. The predicted octanol–water partition coefficient (Wildman–Crippen LogP) is -4.35. The molecule has 3 amide bonds. The molecule has 0 aromatic carbocycles. The number of β-lactam (4-membered cyclic amide) rings is 1. The molecule has 1 saturated heterocycles. The number of anilines is 1. The Bertz CT molecular complexity index is 898. The van der Waals surface area contributed by atoms with E-state index in [0.29, 0.717) is 0 Å². The Labute approximate surface area is 191 Å². The molecule has 28 heavy (non-hydrogen) atoms. The van der Waals surface area contributed by atoms with E-state index < -0.39 is 46.1 Å². The van der Waals surface area contributed by atoms with Crippen LogP contribution in [0, 0.1) is 0 Å². The van der Waals surface area contributed by atoms with Crippen LogP contribution < -0.4 is 40.2 Å². The van der Waals surface area contributed by atoms with Crippen molar-refractivity contribution < 1.29 is 67.9 Å². The molecule has 1 aromatic rings. The quantitative estimate of drug-likeness (QED) is 0.118. The van der Waals surface area contributed by atoms with Crippen LogP contribution in [0.25, 0.3) is 0 Å². The molecule has 1 fully saturated rings. The first kappa shape index (κ1) is 24.7. The molecule has 0 saturated carbocycles.